The van der Waals surface area contributed by atoms with E-state index in [9.17, 15) is 4.79 Å². The minimum absolute atomic E-state index is 0.150. The van der Waals surface area contributed by atoms with Crippen LogP contribution in [0.25, 0.3) is 0 Å². The summed E-state index contributed by atoms with van der Waals surface area (Å²) in [6.45, 7) is 0. The summed E-state index contributed by atoms with van der Waals surface area (Å²) in [5.74, 6) is 0.172. The molecule has 2 aliphatic carbocycles. The maximum atomic E-state index is 12.0. The summed E-state index contributed by atoms with van der Waals surface area (Å²) < 4.78 is 0. The third-order valence-corrected chi connectivity index (χ3v) is 4.19. The Morgan fingerprint density at radius 2 is 2.06 bits per heavy atom. The van der Waals surface area contributed by atoms with E-state index in [1.54, 1.807) is 0 Å². The summed E-state index contributed by atoms with van der Waals surface area (Å²) in [6.07, 6.45) is 13.3. The van der Waals surface area contributed by atoms with Gasteiger partial charge in [0.2, 0.25) is 5.91 Å². The summed E-state index contributed by atoms with van der Waals surface area (Å²) in [7, 11) is 0. The van der Waals surface area contributed by atoms with E-state index in [2.05, 4.69) is 11.4 Å². The fourth-order valence-corrected chi connectivity index (χ4v) is 3.04. The first-order valence-corrected chi connectivity index (χ1v) is 7.48. The fourth-order valence-electron chi connectivity index (χ4n) is 3.04. The molecule has 0 aromatic carbocycles. The van der Waals surface area contributed by atoms with Crippen molar-refractivity contribution >= 4 is 5.91 Å². The lowest BCUT2D eigenvalue weighted by atomic mass is 9.96. The molecule has 1 fully saturated rings. The van der Waals surface area contributed by atoms with Gasteiger partial charge in [-0.3, -0.25) is 4.79 Å². The zero-order valence-electron chi connectivity index (χ0n) is 11.3. The molecule has 2 aliphatic rings. The van der Waals surface area contributed by atoms with Crippen LogP contribution in [0.4, 0.5) is 0 Å². The maximum Gasteiger partial charge on any atom is 0.224 e. The average Bonchev–Trinajstić information content (AvgIpc) is 2.56. The molecule has 1 saturated carbocycles. The average molecular weight is 250 g/mol. The van der Waals surface area contributed by atoms with Crippen LogP contribution in [0.1, 0.15) is 64.2 Å². The molecule has 0 heterocycles. The standard InChI is InChI=1S/C15H26N2O/c16-13-9-5-2-6-10-14(13)17-15(18)11-12-7-3-1-4-8-12/h7,13-14H,1-6,8-11,16H2,(H,17,18). The minimum atomic E-state index is 0.150. The highest BCUT2D eigenvalue weighted by Gasteiger charge is 2.22. The summed E-state index contributed by atoms with van der Waals surface area (Å²) in [6, 6.07) is 0.348. The molecule has 0 aromatic rings. The SMILES string of the molecule is NC1CCCCCC1NC(=O)CC1=CCCCC1. The van der Waals surface area contributed by atoms with Crippen molar-refractivity contribution in [3.8, 4) is 0 Å². The van der Waals surface area contributed by atoms with Crippen LogP contribution in [-0.2, 0) is 4.79 Å². The lowest BCUT2D eigenvalue weighted by molar-refractivity contribution is -0.121. The monoisotopic (exact) mass is 250 g/mol. The van der Waals surface area contributed by atoms with Crippen molar-refractivity contribution in [2.45, 2.75) is 76.3 Å². The molecule has 0 bridgehead atoms. The molecule has 3 N–H and O–H groups in total. The van der Waals surface area contributed by atoms with Crippen molar-refractivity contribution in [2.24, 2.45) is 5.73 Å². The van der Waals surface area contributed by atoms with Crippen LogP contribution >= 0.6 is 0 Å². The Morgan fingerprint density at radius 3 is 2.83 bits per heavy atom. The predicted molar refractivity (Wildman–Crippen MR) is 74.2 cm³/mol. The number of rotatable bonds is 3. The molecule has 2 unspecified atom stereocenters. The quantitative estimate of drug-likeness (QED) is 0.597. The number of hydrogen-bond donors (Lipinski definition) is 2. The lowest BCUT2D eigenvalue weighted by Crippen LogP contribution is -2.47. The van der Waals surface area contributed by atoms with Gasteiger partial charge in [-0.2, -0.15) is 0 Å². The van der Waals surface area contributed by atoms with Crippen LogP contribution in [0.5, 0.6) is 0 Å². The zero-order chi connectivity index (χ0) is 12.8. The van der Waals surface area contributed by atoms with Crippen LogP contribution in [0.15, 0.2) is 11.6 Å². The molecule has 0 radical (unpaired) electrons. The molecule has 2 atom stereocenters. The number of carbonyl (C=O) groups is 1. The van der Waals surface area contributed by atoms with Gasteiger partial charge >= 0.3 is 0 Å². The molecular formula is C15H26N2O. The highest BCUT2D eigenvalue weighted by molar-refractivity contribution is 5.78. The molecule has 18 heavy (non-hydrogen) atoms. The number of nitrogens with one attached hydrogen (secondary N) is 1. The number of carbonyl (C=O) groups excluding carboxylic acids is 1. The molecule has 0 saturated heterocycles. The number of allylic oxidation sites excluding steroid dienone is 1. The molecule has 1 amide bonds. The van der Waals surface area contributed by atoms with Gasteiger partial charge in [0.25, 0.3) is 0 Å². The first-order chi connectivity index (χ1) is 8.75. The van der Waals surface area contributed by atoms with Crippen molar-refractivity contribution in [1.29, 1.82) is 0 Å². The molecular weight excluding hydrogens is 224 g/mol. The Hall–Kier alpha value is -0.830. The molecule has 0 spiro atoms. The van der Waals surface area contributed by atoms with Gasteiger partial charge in [0, 0.05) is 18.5 Å². The highest BCUT2D eigenvalue weighted by atomic mass is 16.1. The van der Waals surface area contributed by atoms with Crippen LogP contribution in [-0.4, -0.2) is 18.0 Å². The third-order valence-electron chi connectivity index (χ3n) is 4.19. The normalized spacial score (nSPS) is 29.3. The van der Waals surface area contributed by atoms with E-state index in [1.807, 2.05) is 0 Å². The molecule has 3 heteroatoms. The van der Waals surface area contributed by atoms with Crippen molar-refractivity contribution < 1.29 is 4.79 Å². The summed E-state index contributed by atoms with van der Waals surface area (Å²) in [5.41, 5.74) is 7.45. The Morgan fingerprint density at radius 1 is 1.22 bits per heavy atom. The largest absolute Gasteiger partial charge is 0.352 e. The first kappa shape index (κ1) is 13.6. The van der Waals surface area contributed by atoms with Crippen molar-refractivity contribution in [3.63, 3.8) is 0 Å². The van der Waals surface area contributed by atoms with Gasteiger partial charge < -0.3 is 11.1 Å². The maximum absolute atomic E-state index is 12.0. The Labute approximate surface area is 110 Å². The summed E-state index contributed by atoms with van der Waals surface area (Å²) >= 11 is 0. The third kappa shape index (κ3) is 4.13. The Bertz CT molecular complexity index is 312. The van der Waals surface area contributed by atoms with Crippen LogP contribution < -0.4 is 11.1 Å². The first-order valence-electron chi connectivity index (χ1n) is 7.48. The van der Waals surface area contributed by atoms with Gasteiger partial charge in [0.05, 0.1) is 0 Å². The van der Waals surface area contributed by atoms with Crippen molar-refractivity contribution in [3.05, 3.63) is 11.6 Å². The van der Waals surface area contributed by atoms with E-state index in [4.69, 9.17) is 5.73 Å². The fraction of sp³-hybridized carbons (Fsp3) is 0.800. The van der Waals surface area contributed by atoms with Gasteiger partial charge in [-0.1, -0.05) is 30.9 Å². The Kier molecular flexibility index (Phi) is 5.24. The van der Waals surface area contributed by atoms with E-state index in [1.165, 1.54) is 37.7 Å². The van der Waals surface area contributed by atoms with Gasteiger partial charge in [0.15, 0.2) is 0 Å². The molecule has 2 rings (SSSR count). The smallest absolute Gasteiger partial charge is 0.224 e. The van der Waals surface area contributed by atoms with Crippen LogP contribution in [0.3, 0.4) is 0 Å². The van der Waals surface area contributed by atoms with Crippen LogP contribution in [0, 0.1) is 0 Å². The summed E-state index contributed by atoms with van der Waals surface area (Å²) in [4.78, 5) is 12.0. The minimum Gasteiger partial charge on any atom is -0.352 e. The topological polar surface area (TPSA) is 55.1 Å². The van der Waals surface area contributed by atoms with Gasteiger partial charge in [-0.05, 0) is 38.5 Å². The predicted octanol–water partition coefficient (Wildman–Crippen LogP) is 2.65. The second-order valence-corrected chi connectivity index (χ2v) is 5.76. The number of amides is 1. The van der Waals surface area contributed by atoms with E-state index < -0.39 is 0 Å². The van der Waals surface area contributed by atoms with Crippen LogP contribution in [0.2, 0.25) is 0 Å². The van der Waals surface area contributed by atoms with Gasteiger partial charge in [0.1, 0.15) is 0 Å². The molecule has 0 aliphatic heterocycles. The zero-order valence-corrected chi connectivity index (χ0v) is 11.3. The molecule has 3 nitrogen and oxygen atoms in total. The van der Waals surface area contributed by atoms with Gasteiger partial charge in [-0.15, -0.1) is 0 Å². The van der Waals surface area contributed by atoms with E-state index >= 15 is 0 Å². The Balaban J connectivity index is 1.80. The van der Waals surface area contributed by atoms with Gasteiger partial charge in [-0.25, -0.2) is 0 Å². The van der Waals surface area contributed by atoms with E-state index in [-0.39, 0.29) is 18.0 Å². The molecule has 0 aromatic heterocycles. The summed E-state index contributed by atoms with van der Waals surface area (Å²) in [5, 5.41) is 3.15. The van der Waals surface area contributed by atoms with E-state index in [0.29, 0.717) is 6.42 Å². The van der Waals surface area contributed by atoms with E-state index in [0.717, 1.165) is 25.7 Å². The second kappa shape index (κ2) is 6.93. The van der Waals surface area contributed by atoms with Crippen molar-refractivity contribution in [2.75, 3.05) is 0 Å². The van der Waals surface area contributed by atoms with Crippen molar-refractivity contribution in [1.82, 2.24) is 5.32 Å². The number of hydrogen-bond acceptors (Lipinski definition) is 2. The number of nitrogens with two attached hydrogens (primary N) is 1. The lowest BCUT2D eigenvalue weighted by Gasteiger charge is -2.23. The second-order valence-electron chi connectivity index (χ2n) is 5.76. The molecule has 102 valence electrons. The highest BCUT2D eigenvalue weighted by Crippen LogP contribution is 2.21.